The van der Waals surface area contributed by atoms with Crippen LogP contribution < -0.4 is 10.9 Å². The van der Waals surface area contributed by atoms with Gasteiger partial charge in [-0.15, -0.1) is 0 Å². The Labute approximate surface area is 130 Å². The van der Waals surface area contributed by atoms with Crippen LogP contribution >= 0.6 is 0 Å². The fourth-order valence-electron chi connectivity index (χ4n) is 2.65. The van der Waals surface area contributed by atoms with Crippen molar-refractivity contribution in [2.75, 3.05) is 6.54 Å². The van der Waals surface area contributed by atoms with Crippen LogP contribution in [0.15, 0.2) is 33.6 Å². The molecule has 0 bridgehead atoms. The second-order valence-electron chi connectivity index (χ2n) is 5.82. The minimum absolute atomic E-state index is 0.0598. The number of benzene rings is 1. The number of hydrogen-bond acceptors (Lipinski definition) is 3. The summed E-state index contributed by atoms with van der Waals surface area (Å²) in [5.41, 5.74) is -0.0481. The first kappa shape index (κ1) is 15.5. The van der Waals surface area contributed by atoms with E-state index in [1.54, 1.807) is 0 Å². The minimum atomic E-state index is -0.606. The molecule has 0 spiro atoms. The van der Waals surface area contributed by atoms with Crippen molar-refractivity contribution in [1.29, 1.82) is 0 Å². The number of hydrogen-bond donors (Lipinski definition) is 2. The first-order chi connectivity index (χ1) is 11.0. The minimum Gasteiger partial charge on any atom is -0.373 e. The number of carbonyl (C=O) groups is 1. The van der Waals surface area contributed by atoms with Gasteiger partial charge < -0.3 is 9.84 Å². The van der Waals surface area contributed by atoms with Crippen molar-refractivity contribution in [3.8, 4) is 0 Å². The predicted octanol–water partition coefficient (Wildman–Crippen LogP) is 2.24. The van der Waals surface area contributed by atoms with Gasteiger partial charge in [0.05, 0.1) is 6.07 Å². The monoisotopic (exact) mass is 322 g/mol. The Morgan fingerprint density at radius 1 is 1.35 bits per heavy atom. The number of rotatable bonds is 6. The molecule has 7 heteroatoms. The van der Waals surface area contributed by atoms with Crippen LogP contribution in [0.4, 0.5) is 8.78 Å². The molecule has 23 heavy (non-hydrogen) atoms. The number of amides is 1. The van der Waals surface area contributed by atoms with Crippen molar-refractivity contribution in [3.05, 3.63) is 57.6 Å². The van der Waals surface area contributed by atoms with Gasteiger partial charge in [0.2, 0.25) is 5.76 Å². The fraction of sp³-hybridized carbons (Fsp3) is 0.375. The average molecular weight is 322 g/mol. The molecule has 122 valence electrons. The van der Waals surface area contributed by atoms with Crippen molar-refractivity contribution in [1.82, 2.24) is 10.5 Å². The molecule has 2 N–H and O–H groups in total. The highest BCUT2D eigenvalue weighted by molar-refractivity contribution is 5.91. The maximum Gasteiger partial charge on any atom is 0.289 e. The summed E-state index contributed by atoms with van der Waals surface area (Å²) in [5, 5.41) is 4.75. The van der Waals surface area contributed by atoms with E-state index >= 15 is 0 Å². The van der Waals surface area contributed by atoms with Gasteiger partial charge in [-0.2, -0.15) is 5.16 Å². The van der Waals surface area contributed by atoms with E-state index in [0.29, 0.717) is 24.4 Å². The topological polar surface area (TPSA) is 75.1 Å². The fourth-order valence-corrected chi connectivity index (χ4v) is 2.65. The maximum absolute atomic E-state index is 13.8. The summed E-state index contributed by atoms with van der Waals surface area (Å²) in [7, 11) is 0. The smallest absolute Gasteiger partial charge is 0.289 e. The molecule has 0 unspecified atom stereocenters. The van der Waals surface area contributed by atoms with Gasteiger partial charge in [0.15, 0.2) is 0 Å². The van der Waals surface area contributed by atoms with E-state index in [-0.39, 0.29) is 11.7 Å². The Morgan fingerprint density at radius 2 is 2.13 bits per heavy atom. The van der Waals surface area contributed by atoms with E-state index in [0.717, 1.165) is 25.0 Å². The summed E-state index contributed by atoms with van der Waals surface area (Å²) in [4.78, 5) is 22.8. The number of carbonyl (C=O) groups excluding carboxylic acids is 1. The third-order valence-corrected chi connectivity index (χ3v) is 4.06. The summed E-state index contributed by atoms with van der Waals surface area (Å²) in [6.45, 7) is 0.342. The van der Waals surface area contributed by atoms with E-state index in [9.17, 15) is 18.4 Å². The number of H-pyrrole nitrogens is 1. The predicted molar refractivity (Wildman–Crippen MR) is 77.9 cm³/mol. The Balaban J connectivity index is 1.63. The molecule has 0 aliphatic heterocycles. The molecule has 1 aromatic heterocycles. The van der Waals surface area contributed by atoms with Gasteiger partial charge >= 0.3 is 0 Å². The van der Waals surface area contributed by atoms with Gasteiger partial charge in [-0.25, -0.2) is 8.78 Å². The summed E-state index contributed by atoms with van der Waals surface area (Å²) in [6, 6.07) is 4.61. The molecule has 0 radical (unpaired) electrons. The largest absolute Gasteiger partial charge is 0.373 e. The van der Waals surface area contributed by atoms with Crippen LogP contribution in [-0.4, -0.2) is 17.6 Å². The molecule has 1 saturated carbocycles. The molecule has 1 amide bonds. The van der Waals surface area contributed by atoms with Gasteiger partial charge in [-0.3, -0.25) is 9.59 Å². The van der Waals surface area contributed by atoms with Crippen molar-refractivity contribution >= 4 is 5.91 Å². The van der Waals surface area contributed by atoms with E-state index in [2.05, 4.69) is 5.32 Å². The van der Waals surface area contributed by atoms with Gasteiger partial charge in [0, 0.05) is 12.6 Å². The molecule has 0 saturated heterocycles. The highest BCUT2D eigenvalue weighted by Crippen LogP contribution is 2.38. The lowest BCUT2D eigenvalue weighted by molar-refractivity contribution is 0.0908. The Hall–Kier alpha value is -2.44. The van der Waals surface area contributed by atoms with Gasteiger partial charge in [-0.05, 0) is 42.7 Å². The molecular weight excluding hydrogens is 306 g/mol. The number of nitrogens with one attached hydrogen (secondary N) is 2. The van der Waals surface area contributed by atoms with E-state index in [1.807, 2.05) is 5.16 Å². The zero-order valence-corrected chi connectivity index (χ0v) is 12.3. The SMILES string of the molecule is O=C(NC[C@H](Cc1ccc(F)cc1F)C1CC1)c1cc(=O)[nH]o1. The standard InChI is InChI=1S/C16H16F2N2O3/c17-12-4-3-10(13(18)6-12)5-11(9-1-2-9)8-19-16(22)14-7-15(21)20-23-14/h3-4,6-7,9,11H,1-2,5,8H2,(H,19,22)(H,20,21)/t11-/m0/s1. The van der Waals surface area contributed by atoms with Crippen LogP contribution in [0.1, 0.15) is 29.0 Å². The molecule has 1 heterocycles. The highest BCUT2D eigenvalue weighted by atomic mass is 19.1. The lowest BCUT2D eigenvalue weighted by Crippen LogP contribution is -2.31. The molecule has 1 aliphatic carbocycles. The summed E-state index contributed by atoms with van der Waals surface area (Å²) in [5.74, 6) is -1.28. The Kier molecular flexibility index (Phi) is 4.27. The van der Waals surface area contributed by atoms with Crippen molar-refractivity contribution < 1.29 is 18.1 Å². The number of aromatic nitrogens is 1. The molecule has 3 rings (SSSR count). The van der Waals surface area contributed by atoms with Crippen LogP contribution in [0.2, 0.25) is 0 Å². The third-order valence-electron chi connectivity index (χ3n) is 4.06. The highest BCUT2D eigenvalue weighted by Gasteiger charge is 2.32. The molecule has 1 aliphatic rings. The Bertz CT molecular complexity index is 765. The summed E-state index contributed by atoms with van der Waals surface area (Å²) in [6.07, 6.45) is 2.49. The molecule has 1 atom stereocenters. The van der Waals surface area contributed by atoms with Crippen LogP contribution in [0.5, 0.6) is 0 Å². The quantitative estimate of drug-likeness (QED) is 0.856. The van der Waals surface area contributed by atoms with E-state index < -0.39 is 23.1 Å². The molecular formula is C16H16F2N2O3. The van der Waals surface area contributed by atoms with Crippen LogP contribution in [0.25, 0.3) is 0 Å². The van der Waals surface area contributed by atoms with Crippen LogP contribution in [0.3, 0.4) is 0 Å². The molecule has 1 aromatic carbocycles. The average Bonchev–Trinajstić information content (AvgIpc) is 3.26. The summed E-state index contributed by atoms with van der Waals surface area (Å²) >= 11 is 0. The molecule has 2 aromatic rings. The zero-order valence-electron chi connectivity index (χ0n) is 12.3. The lowest BCUT2D eigenvalue weighted by Gasteiger charge is -2.17. The molecule has 5 nitrogen and oxygen atoms in total. The van der Waals surface area contributed by atoms with Gasteiger partial charge in [-0.1, -0.05) is 6.07 Å². The van der Waals surface area contributed by atoms with Crippen LogP contribution in [0, 0.1) is 23.5 Å². The first-order valence-corrected chi connectivity index (χ1v) is 7.43. The normalized spacial score (nSPS) is 15.4. The van der Waals surface area contributed by atoms with Crippen molar-refractivity contribution in [3.63, 3.8) is 0 Å². The zero-order chi connectivity index (χ0) is 16.4. The third kappa shape index (κ3) is 3.85. The Morgan fingerprint density at radius 3 is 2.74 bits per heavy atom. The van der Waals surface area contributed by atoms with Crippen molar-refractivity contribution in [2.45, 2.75) is 19.3 Å². The van der Waals surface area contributed by atoms with Gasteiger partial charge in [0.1, 0.15) is 11.6 Å². The lowest BCUT2D eigenvalue weighted by atomic mass is 9.94. The van der Waals surface area contributed by atoms with Crippen LogP contribution in [-0.2, 0) is 6.42 Å². The van der Waals surface area contributed by atoms with Crippen molar-refractivity contribution in [2.24, 2.45) is 11.8 Å². The maximum atomic E-state index is 13.8. The van der Waals surface area contributed by atoms with Gasteiger partial charge in [0.25, 0.3) is 11.5 Å². The summed E-state index contributed by atoms with van der Waals surface area (Å²) < 4.78 is 31.5. The van der Waals surface area contributed by atoms with E-state index in [4.69, 9.17) is 4.52 Å². The first-order valence-electron chi connectivity index (χ1n) is 7.43. The second kappa shape index (κ2) is 6.36. The second-order valence-corrected chi connectivity index (χ2v) is 5.82. The number of halogens is 2. The molecule has 1 fully saturated rings. The number of aromatic amines is 1. The van der Waals surface area contributed by atoms with E-state index in [1.165, 1.54) is 12.1 Å².